The molecule has 8 nitrogen and oxygen atoms in total. The van der Waals surface area contributed by atoms with Crippen molar-refractivity contribution < 1.29 is 22.4 Å². The van der Waals surface area contributed by atoms with Gasteiger partial charge in [0.25, 0.3) is 5.91 Å². The molecule has 36 heavy (non-hydrogen) atoms. The van der Waals surface area contributed by atoms with E-state index in [2.05, 4.69) is 25.5 Å². The van der Waals surface area contributed by atoms with Gasteiger partial charge in [-0.05, 0) is 30.7 Å². The van der Waals surface area contributed by atoms with Gasteiger partial charge in [0.1, 0.15) is 11.6 Å². The highest BCUT2D eigenvalue weighted by atomic mass is 19.4. The number of nitrogens with zero attached hydrogens (tertiary/aromatic N) is 4. The Hall–Kier alpha value is -4.22. The summed E-state index contributed by atoms with van der Waals surface area (Å²) in [6.07, 6.45) is -2.33. The Balaban J connectivity index is 1.61. The van der Waals surface area contributed by atoms with Crippen molar-refractivity contribution in [3.8, 4) is 0 Å². The minimum atomic E-state index is -4.73. The predicted molar refractivity (Wildman–Crippen MR) is 125 cm³/mol. The largest absolute Gasteiger partial charge is 0.416 e. The number of aromatic nitrogens is 4. The average molecular weight is 499 g/mol. The fraction of sp³-hybridized carbons (Fsp3) is 0.250. The summed E-state index contributed by atoms with van der Waals surface area (Å²) < 4.78 is 55.0. The molecule has 0 aliphatic carbocycles. The van der Waals surface area contributed by atoms with E-state index in [1.165, 1.54) is 6.07 Å². The number of carbonyl (C=O) groups excluding carboxylic acids is 1. The van der Waals surface area contributed by atoms with Crippen LogP contribution in [0.4, 0.5) is 29.3 Å². The number of aromatic amines is 1. The number of amides is 1. The molecule has 0 unspecified atom stereocenters. The minimum Gasteiger partial charge on any atom is -0.366 e. The second kappa shape index (κ2) is 8.77. The molecule has 0 radical (unpaired) electrons. The highest BCUT2D eigenvalue weighted by Gasteiger charge is 2.35. The van der Waals surface area contributed by atoms with E-state index in [1.54, 1.807) is 18.3 Å². The van der Waals surface area contributed by atoms with Gasteiger partial charge in [0.05, 0.1) is 34.6 Å². The number of fused-ring (bicyclic) bond motifs is 2. The number of primary amides is 1. The molecule has 2 aromatic heterocycles. The van der Waals surface area contributed by atoms with Crippen LogP contribution in [0.3, 0.4) is 0 Å². The zero-order chi connectivity index (χ0) is 25.6. The molecule has 1 aliphatic heterocycles. The number of anilines is 2. The SMILES string of the molecule is CC[C@H]1c2[nH]ncc2CN1c1nc(NCc2c(F)cccc2C(F)(F)F)c2cccc(C(N)=O)c2n1. The number of para-hydroxylation sites is 1. The Labute approximate surface area is 202 Å². The number of rotatable bonds is 6. The van der Waals surface area contributed by atoms with Gasteiger partial charge in [-0.2, -0.15) is 23.3 Å². The second-order valence-electron chi connectivity index (χ2n) is 8.42. The number of hydrogen-bond acceptors (Lipinski definition) is 6. The zero-order valence-corrected chi connectivity index (χ0v) is 19.0. The fourth-order valence-electron chi connectivity index (χ4n) is 4.60. The van der Waals surface area contributed by atoms with Crippen molar-refractivity contribution in [3.63, 3.8) is 0 Å². The van der Waals surface area contributed by atoms with E-state index < -0.39 is 35.6 Å². The molecule has 0 saturated carbocycles. The Morgan fingerprint density at radius 3 is 2.72 bits per heavy atom. The summed E-state index contributed by atoms with van der Waals surface area (Å²) in [5.41, 5.74) is 6.20. The molecule has 2 aromatic carbocycles. The lowest BCUT2D eigenvalue weighted by molar-refractivity contribution is -0.138. The molecule has 0 bridgehead atoms. The monoisotopic (exact) mass is 499 g/mol. The summed E-state index contributed by atoms with van der Waals surface area (Å²) >= 11 is 0. The van der Waals surface area contributed by atoms with Gasteiger partial charge in [-0.25, -0.2) is 9.37 Å². The van der Waals surface area contributed by atoms with Crippen LogP contribution in [0.1, 0.15) is 52.1 Å². The molecule has 5 rings (SSSR count). The quantitative estimate of drug-likeness (QED) is 0.332. The van der Waals surface area contributed by atoms with Crippen molar-refractivity contribution in [2.75, 3.05) is 10.2 Å². The number of nitrogens with one attached hydrogen (secondary N) is 2. The van der Waals surface area contributed by atoms with E-state index in [9.17, 15) is 22.4 Å². The van der Waals surface area contributed by atoms with E-state index in [0.717, 1.165) is 29.5 Å². The molecule has 0 saturated heterocycles. The highest BCUT2D eigenvalue weighted by Crippen LogP contribution is 2.39. The van der Waals surface area contributed by atoms with Crippen LogP contribution in [0.2, 0.25) is 0 Å². The molecule has 12 heteroatoms. The molecular formula is C24H21F4N7O. The van der Waals surface area contributed by atoms with Gasteiger partial charge in [-0.15, -0.1) is 0 Å². The molecule has 1 atom stereocenters. The van der Waals surface area contributed by atoms with Crippen molar-refractivity contribution in [1.29, 1.82) is 0 Å². The maximum Gasteiger partial charge on any atom is 0.416 e. The number of nitrogens with two attached hydrogens (primary N) is 1. The minimum absolute atomic E-state index is 0.128. The molecule has 1 amide bonds. The van der Waals surface area contributed by atoms with Gasteiger partial charge in [0.15, 0.2) is 0 Å². The van der Waals surface area contributed by atoms with Crippen molar-refractivity contribution in [1.82, 2.24) is 20.2 Å². The number of alkyl halides is 3. The first-order chi connectivity index (χ1) is 17.2. The zero-order valence-electron chi connectivity index (χ0n) is 19.0. The van der Waals surface area contributed by atoms with Crippen LogP contribution in [-0.2, 0) is 19.3 Å². The fourth-order valence-corrected chi connectivity index (χ4v) is 4.60. The maximum atomic E-state index is 14.5. The van der Waals surface area contributed by atoms with Crippen molar-refractivity contribution in [2.45, 2.75) is 38.7 Å². The van der Waals surface area contributed by atoms with Crippen LogP contribution in [-0.4, -0.2) is 26.1 Å². The molecule has 4 aromatic rings. The molecule has 3 heterocycles. The van der Waals surface area contributed by atoms with Gasteiger partial charge >= 0.3 is 6.18 Å². The Morgan fingerprint density at radius 1 is 1.22 bits per heavy atom. The summed E-state index contributed by atoms with van der Waals surface area (Å²) in [6.45, 7) is 1.94. The van der Waals surface area contributed by atoms with Gasteiger partial charge in [-0.3, -0.25) is 9.89 Å². The Morgan fingerprint density at radius 2 is 2.00 bits per heavy atom. The molecular weight excluding hydrogens is 478 g/mol. The van der Waals surface area contributed by atoms with Crippen LogP contribution in [0.5, 0.6) is 0 Å². The number of halogens is 4. The summed E-state index contributed by atoms with van der Waals surface area (Å²) in [4.78, 5) is 23.3. The Bertz CT molecular complexity index is 1470. The van der Waals surface area contributed by atoms with Crippen molar-refractivity contribution in [2.24, 2.45) is 5.73 Å². The van der Waals surface area contributed by atoms with Gasteiger partial charge in [0, 0.05) is 29.6 Å². The first-order valence-corrected chi connectivity index (χ1v) is 11.2. The topological polar surface area (TPSA) is 113 Å². The molecule has 186 valence electrons. The van der Waals surface area contributed by atoms with Gasteiger partial charge in [0.2, 0.25) is 5.95 Å². The van der Waals surface area contributed by atoms with Crippen LogP contribution < -0.4 is 16.0 Å². The summed E-state index contributed by atoms with van der Waals surface area (Å²) in [5.74, 6) is -1.31. The van der Waals surface area contributed by atoms with Crippen molar-refractivity contribution >= 4 is 28.6 Å². The van der Waals surface area contributed by atoms with E-state index in [-0.39, 0.29) is 28.9 Å². The van der Waals surface area contributed by atoms with Gasteiger partial charge in [-0.1, -0.05) is 19.1 Å². The smallest absolute Gasteiger partial charge is 0.366 e. The molecule has 4 N–H and O–H groups in total. The van der Waals surface area contributed by atoms with E-state index in [1.807, 2.05) is 11.8 Å². The maximum absolute atomic E-state index is 14.5. The number of carbonyl (C=O) groups is 1. The van der Waals surface area contributed by atoms with Crippen molar-refractivity contribution in [3.05, 3.63) is 76.4 Å². The lowest BCUT2D eigenvalue weighted by atomic mass is 10.1. The predicted octanol–water partition coefficient (Wildman–Crippen LogP) is 4.69. The standard InChI is InChI=1S/C24H21F4N7O/c1-2-18-19-12(9-31-34-19)11-35(18)23-32-20-13(21(29)36)5-3-6-14(20)22(33-23)30-10-15-16(24(26,27)28)7-4-8-17(15)25/h3-9,18H,2,10-11H2,1H3,(H2,29,36)(H,31,34)(H,30,32,33)/t18-/m0/s1. The lowest BCUT2D eigenvalue weighted by Crippen LogP contribution is -2.25. The highest BCUT2D eigenvalue weighted by molar-refractivity contribution is 6.07. The Kier molecular flexibility index (Phi) is 5.73. The van der Waals surface area contributed by atoms with Crippen LogP contribution in [0, 0.1) is 5.82 Å². The number of H-pyrrole nitrogens is 1. The molecule has 1 aliphatic rings. The van der Waals surface area contributed by atoms with Crippen LogP contribution in [0.15, 0.2) is 42.6 Å². The summed E-state index contributed by atoms with van der Waals surface area (Å²) in [5, 5.41) is 10.3. The lowest BCUT2D eigenvalue weighted by Gasteiger charge is -2.25. The third kappa shape index (κ3) is 3.97. The molecule has 0 spiro atoms. The third-order valence-corrected chi connectivity index (χ3v) is 6.28. The van der Waals surface area contributed by atoms with Crippen LogP contribution >= 0.6 is 0 Å². The summed E-state index contributed by atoms with van der Waals surface area (Å²) in [6, 6.07) is 7.39. The normalized spacial score (nSPS) is 15.4. The second-order valence-corrected chi connectivity index (χ2v) is 8.42. The van der Waals surface area contributed by atoms with E-state index >= 15 is 0 Å². The molecule has 0 fully saturated rings. The first-order valence-electron chi connectivity index (χ1n) is 11.2. The third-order valence-electron chi connectivity index (χ3n) is 6.28. The first kappa shape index (κ1) is 23.5. The van der Waals surface area contributed by atoms with Crippen LogP contribution in [0.25, 0.3) is 10.9 Å². The number of benzene rings is 2. The number of hydrogen-bond donors (Lipinski definition) is 3. The van der Waals surface area contributed by atoms with Gasteiger partial charge < -0.3 is 16.0 Å². The van der Waals surface area contributed by atoms with E-state index in [0.29, 0.717) is 18.4 Å². The average Bonchev–Trinajstić information content (AvgIpc) is 3.43. The summed E-state index contributed by atoms with van der Waals surface area (Å²) in [7, 11) is 0. The van der Waals surface area contributed by atoms with E-state index in [4.69, 9.17) is 5.73 Å².